The Morgan fingerprint density at radius 2 is 2.16 bits per heavy atom. The van der Waals surface area contributed by atoms with E-state index in [1.165, 1.54) is 0 Å². The number of benzene rings is 1. The minimum Gasteiger partial charge on any atom is -0.380 e. The lowest BCUT2D eigenvalue weighted by molar-refractivity contribution is -0.123. The first-order valence-electron chi connectivity index (χ1n) is 5.90. The van der Waals surface area contributed by atoms with Crippen LogP contribution >= 0.6 is 24.0 Å². The molecule has 1 unspecified atom stereocenters. The molecule has 108 valence electrons. The van der Waals surface area contributed by atoms with Crippen molar-refractivity contribution in [2.24, 2.45) is 5.73 Å². The van der Waals surface area contributed by atoms with E-state index in [4.69, 9.17) is 22.1 Å². The molecule has 1 atom stereocenters. The van der Waals surface area contributed by atoms with Crippen molar-refractivity contribution >= 4 is 29.9 Å². The Kier molecular flexibility index (Phi) is 9.61. The number of amides is 1. The molecular weight excluding hydrogens is 287 g/mol. The highest BCUT2D eigenvalue weighted by atomic mass is 35.5. The Morgan fingerprint density at radius 3 is 2.74 bits per heavy atom. The molecule has 0 aromatic heterocycles. The molecule has 1 amide bonds. The maximum Gasteiger partial charge on any atom is 0.222 e. The predicted octanol–water partition coefficient (Wildman–Crippen LogP) is 1.78. The summed E-state index contributed by atoms with van der Waals surface area (Å²) < 4.78 is 5.05. The van der Waals surface area contributed by atoms with Crippen LogP contribution in [0.1, 0.15) is 12.0 Å². The highest BCUT2D eigenvalue weighted by molar-refractivity contribution is 6.31. The number of nitrogens with two attached hydrogens (primary N) is 1. The number of methoxy groups -OCH3 is 1. The zero-order chi connectivity index (χ0) is 13.4. The minimum absolute atomic E-state index is 0. The number of hydrogen-bond donors (Lipinski definition) is 2. The summed E-state index contributed by atoms with van der Waals surface area (Å²) in [7, 11) is 1.55. The fourth-order valence-corrected chi connectivity index (χ4v) is 1.81. The topological polar surface area (TPSA) is 64.3 Å². The first-order valence-corrected chi connectivity index (χ1v) is 6.28. The molecule has 3 N–H and O–H groups in total. The molecule has 0 saturated carbocycles. The van der Waals surface area contributed by atoms with Gasteiger partial charge in [-0.3, -0.25) is 4.79 Å². The average molecular weight is 307 g/mol. The Bertz CT molecular complexity index is 385. The number of carbonyl (C=O) groups excluding carboxylic acids is 1. The highest BCUT2D eigenvalue weighted by Gasteiger charge is 2.10. The van der Waals surface area contributed by atoms with Gasteiger partial charge in [0.15, 0.2) is 0 Å². The third-order valence-corrected chi connectivity index (χ3v) is 3.05. The maximum absolute atomic E-state index is 11.6. The molecule has 0 aliphatic heterocycles. The fourth-order valence-electron chi connectivity index (χ4n) is 1.58. The molecule has 0 radical (unpaired) electrons. The van der Waals surface area contributed by atoms with Crippen LogP contribution in [0.5, 0.6) is 0 Å². The first-order chi connectivity index (χ1) is 8.67. The molecule has 19 heavy (non-hydrogen) atoms. The summed E-state index contributed by atoms with van der Waals surface area (Å²) in [4.78, 5) is 11.6. The fraction of sp³-hybridized carbons (Fsp3) is 0.462. The second-order valence-electron chi connectivity index (χ2n) is 3.99. The van der Waals surface area contributed by atoms with Crippen molar-refractivity contribution in [1.29, 1.82) is 0 Å². The van der Waals surface area contributed by atoms with Crippen LogP contribution in [-0.2, 0) is 16.0 Å². The third-order valence-electron chi connectivity index (χ3n) is 2.68. The van der Waals surface area contributed by atoms with E-state index in [0.717, 1.165) is 10.6 Å². The smallest absolute Gasteiger partial charge is 0.222 e. The van der Waals surface area contributed by atoms with Crippen LogP contribution in [0.25, 0.3) is 0 Å². The van der Waals surface area contributed by atoms with Crippen LogP contribution in [0.15, 0.2) is 24.3 Å². The van der Waals surface area contributed by atoms with Gasteiger partial charge in [0.25, 0.3) is 0 Å². The van der Waals surface area contributed by atoms with Crippen molar-refractivity contribution in [1.82, 2.24) is 5.32 Å². The van der Waals surface area contributed by atoms with Gasteiger partial charge < -0.3 is 15.8 Å². The van der Waals surface area contributed by atoms with Gasteiger partial charge >= 0.3 is 0 Å². The summed E-state index contributed by atoms with van der Waals surface area (Å²) in [5.74, 6) is -0.0562. The molecule has 0 bridgehead atoms. The average Bonchev–Trinajstić information content (AvgIpc) is 2.38. The third kappa shape index (κ3) is 6.78. The van der Waals surface area contributed by atoms with E-state index in [1.54, 1.807) is 7.11 Å². The molecule has 0 aliphatic rings. The van der Waals surface area contributed by atoms with Crippen molar-refractivity contribution in [2.45, 2.75) is 18.9 Å². The van der Waals surface area contributed by atoms with E-state index in [0.29, 0.717) is 19.5 Å². The second kappa shape index (κ2) is 10.0. The van der Waals surface area contributed by atoms with E-state index in [2.05, 4.69) is 5.32 Å². The van der Waals surface area contributed by atoms with E-state index in [9.17, 15) is 4.79 Å². The van der Waals surface area contributed by atoms with Crippen LogP contribution in [0.2, 0.25) is 5.02 Å². The number of carbonyl (C=O) groups is 1. The second-order valence-corrected chi connectivity index (χ2v) is 4.40. The quantitative estimate of drug-likeness (QED) is 0.807. The van der Waals surface area contributed by atoms with Gasteiger partial charge in [0, 0.05) is 25.2 Å². The van der Waals surface area contributed by atoms with E-state index in [-0.39, 0.29) is 30.8 Å². The van der Waals surface area contributed by atoms with Gasteiger partial charge in [0.2, 0.25) is 5.91 Å². The summed E-state index contributed by atoms with van der Waals surface area (Å²) in [6.45, 7) is 0.901. The number of halogens is 2. The van der Waals surface area contributed by atoms with Gasteiger partial charge in [-0.1, -0.05) is 29.8 Å². The molecular formula is C13H20Cl2N2O2. The van der Waals surface area contributed by atoms with Crippen LogP contribution in [0.3, 0.4) is 0 Å². The molecule has 0 fully saturated rings. The lowest BCUT2D eigenvalue weighted by atomic mass is 10.1. The maximum atomic E-state index is 11.6. The molecule has 4 nitrogen and oxygen atoms in total. The number of ether oxygens (including phenoxy) is 1. The van der Waals surface area contributed by atoms with Gasteiger partial charge in [-0.15, -0.1) is 12.4 Å². The molecule has 6 heteroatoms. The first kappa shape index (κ1) is 18.2. The van der Waals surface area contributed by atoms with Crippen LogP contribution < -0.4 is 11.1 Å². The Labute approximate surface area is 125 Å². The van der Waals surface area contributed by atoms with Crippen molar-refractivity contribution in [3.63, 3.8) is 0 Å². The zero-order valence-corrected chi connectivity index (χ0v) is 12.5. The summed E-state index contributed by atoms with van der Waals surface area (Å²) in [6.07, 6.45) is 0.784. The van der Waals surface area contributed by atoms with Gasteiger partial charge in [-0.2, -0.15) is 0 Å². The number of hydrogen-bond acceptors (Lipinski definition) is 3. The molecule has 0 heterocycles. The summed E-state index contributed by atoms with van der Waals surface area (Å²) >= 11 is 6.02. The van der Waals surface area contributed by atoms with Gasteiger partial charge in [-0.05, 0) is 18.1 Å². The largest absolute Gasteiger partial charge is 0.380 e. The van der Waals surface area contributed by atoms with Crippen molar-refractivity contribution < 1.29 is 9.53 Å². The monoisotopic (exact) mass is 306 g/mol. The standard InChI is InChI=1S/C13H19ClN2O2.ClH/c1-18-11(9-15)8-13(17)16-7-6-10-4-2-3-5-12(10)14;/h2-5,11H,6-9,15H2,1H3,(H,16,17);1H. The number of rotatable bonds is 7. The normalized spacial score (nSPS) is 11.5. The van der Waals surface area contributed by atoms with Crippen LogP contribution in [0.4, 0.5) is 0 Å². The highest BCUT2D eigenvalue weighted by Crippen LogP contribution is 2.14. The van der Waals surface area contributed by atoms with E-state index >= 15 is 0 Å². The Hall–Kier alpha value is -0.810. The molecule has 0 aliphatic carbocycles. The SMILES string of the molecule is COC(CN)CC(=O)NCCc1ccccc1Cl.Cl. The summed E-state index contributed by atoms with van der Waals surface area (Å²) in [5.41, 5.74) is 6.48. The molecule has 0 spiro atoms. The van der Waals surface area contributed by atoms with Crippen molar-refractivity contribution in [3.05, 3.63) is 34.9 Å². The minimum atomic E-state index is -0.217. The van der Waals surface area contributed by atoms with Crippen LogP contribution in [-0.4, -0.2) is 32.2 Å². The lowest BCUT2D eigenvalue weighted by Crippen LogP contribution is -2.33. The van der Waals surface area contributed by atoms with E-state index in [1.807, 2.05) is 24.3 Å². The Morgan fingerprint density at radius 1 is 1.47 bits per heavy atom. The lowest BCUT2D eigenvalue weighted by Gasteiger charge is -2.12. The zero-order valence-electron chi connectivity index (χ0n) is 10.9. The predicted molar refractivity (Wildman–Crippen MR) is 79.9 cm³/mol. The van der Waals surface area contributed by atoms with Gasteiger partial charge in [0.1, 0.15) is 0 Å². The molecule has 1 rings (SSSR count). The summed E-state index contributed by atoms with van der Waals surface area (Å²) in [6, 6.07) is 7.60. The van der Waals surface area contributed by atoms with E-state index < -0.39 is 0 Å². The number of nitrogens with one attached hydrogen (secondary N) is 1. The van der Waals surface area contributed by atoms with Crippen LogP contribution in [0, 0.1) is 0 Å². The summed E-state index contributed by atoms with van der Waals surface area (Å²) in [5, 5.41) is 3.55. The van der Waals surface area contributed by atoms with Gasteiger partial charge in [-0.25, -0.2) is 0 Å². The molecule has 0 saturated heterocycles. The molecule has 1 aromatic rings. The van der Waals surface area contributed by atoms with Crippen molar-refractivity contribution in [3.8, 4) is 0 Å². The van der Waals surface area contributed by atoms with Gasteiger partial charge in [0.05, 0.1) is 12.5 Å². The van der Waals surface area contributed by atoms with Crippen molar-refractivity contribution in [2.75, 3.05) is 20.2 Å². The Balaban J connectivity index is 0.00000324. The molecule has 1 aromatic carbocycles.